The molecule has 14 nitrogen and oxygen atoms in total. The normalized spacial score (nSPS) is 12.1. The summed E-state index contributed by atoms with van der Waals surface area (Å²) in [4.78, 5) is -6.96. The molecule has 406 valence electrons. The standard InChI is InChI=1S/C52H34F8O14S4/c1-27-42(53)46(57)51(47(58)43(27)54)77(66,67)52-48(59)44(55)50(45(56)49(52)60)74-36-18-10-31(11-19-36)30-6-14-34(15-7-30)72-39-22-20-37(24-32(39)26-75(61,62)63)76(64,65)38-21-23-40(41(25-38)78(68,69)71-3)73-35-16-8-29(9-17-35)28-4-12-33(70-2)13-5-28/h4-25H,26H2,1-3H3,(H,61,62,63). The number of hydrogen-bond donors (Lipinski definition) is 1. The van der Waals surface area contributed by atoms with E-state index in [1.54, 1.807) is 36.4 Å². The molecule has 0 saturated heterocycles. The Bertz CT molecular complexity index is 4090. The van der Waals surface area contributed by atoms with Crippen molar-refractivity contribution in [1.29, 1.82) is 0 Å². The highest BCUT2D eigenvalue weighted by Crippen LogP contribution is 2.41. The van der Waals surface area contributed by atoms with Gasteiger partial charge in [-0.15, -0.1) is 0 Å². The van der Waals surface area contributed by atoms with Crippen LogP contribution in [0.4, 0.5) is 35.1 Å². The third-order valence-corrected chi connectivity index (χ3v) is 17.1. The zero-order valence-corrected chi connectivity index (χ0v) is 43.1. The van der Waals surface area contributed by atoms with Crippen LogP contribution in [0.25, 0.3) is 22.3 Å². The summed E-state index contributed by atoms with van der Waals surface area (Å²) in [6.45, 7) is 0.517. The fourth-order valence-corrected chi connectivity index (χ4v) is 11.9. The first kappa shape index (κ1) is 56.3. The van der Waals surface area contributed by atoms with Gasteiger partial charge in [0.15, 0.2) is 34.9 Å². The summed E-state index contributed by atoms with van der Waals surface area (Å²) >= 11 is 0. The number of benzene rings is 8. The van der Waals surface area contributed by atoms with Crippen molar-refractivity contribution in [2.45, 2.75) is 37.2 Å². The molecular formula is C52H34F8O14S4. The van der Waals surface area contributed by atoms with Gasteiger partial charge in [0.2, 0.25) is 37.1 Å². The Morgan fingerprint density at radius 3 is 1.21 bits per heavy atom. The van der Waals surface area contributed by atoms with Crippen LogP contribution in [0.3, 0.4) is 0 Å². The van der Waals surface area contributed by atoms with E-state index in [1.165, 1.54) is 43.5 Å². The molecule has 0 atom stereocenters. The largest absolute Gasteiger partial charge is 0.497 e. The third-order valence-electron chi connectivity index (χ3n) is 11.6. The van der Waals surface area contributed by atoms with Crippen molar-refractivity contribution in [2.24, 2.45) is 0 Å². The summed E-state index contributed by atoms with van der Waals surface area (Å²) in [6.07, 6.45) is 0. The van der Waals surface area contributed by atoms with Crippen molar-refractivity contribution in [3.63, 3.8) is 0 Å². The summed E-state index contributed by atoms with van der Waals surface area (Å²) in [5.41, 5.74) is 0.678. The van der Waals surface area contributed by atoms with Crippen LogP contribution < -0.4 is 18.9 Å². The second-order valence-corrected chi connectivity index (χ2v) is 23.4. The highest BCUT2D eigenvalue weighted by molar-refractivity contribution is 7.92. The van der Waals surface area contributed by atoms with Gasteiger partial charge in [-0.25, -0.2) is 43.2 Å². The van der Waals surface area contributed by atoms with E-state index in [0.717, 1.165) is 66.8 Å². The fraction of sp³-hybridized carbons (Fsp3) is 0.0769. The van der Waals surface area contributed by atoms with Gasteiger partial charge in [-0.3, -0.25) is 8.74 Å². The Kier molecular flexibility index (Phi) is 15.5. The average Bonchev–Trinajstić information content (AvgIpc) is 3.54. The first-order valence-corrected chi connectivity index (χ1v) is 27.8. The Balaban J connectivity index is 1.00. The van der Waals surface area contributed by atoms with E-state index in [1.807, 2.05) is 12.1 Å². The molecule has 0 amide bonds. The van der Waals surface area contributed by atoms with Crippen LogP contribution in [-0.2, 0) is 49.8 Å². The molecule has 0 heterocycles. The van der Waals surface area contributed by atoms with Crippen LogP contribution in [0.5, 0.6) is 40.2 Å². The fourth-order valence-electron chi connectivity index (χ4n) is 7.57. The van der Waals surface area contributed by atoms with Crippen LogP contribution >= 0.6 is 0 Å². The SMILES string of the molecule is COc1ccc(-c2ccc(Oc3ccc(S(=O)(=O)c4ccc(Oc5ccc(-c6ccc(Oc7c(F)c(F)c(S(=O)(=O)c8c(F)c(F)c(C)c(F)c8F)c(F)c7F)cc6)cc5)c(CS(=O)(=O)O)c4)cc3S(=O)(=O)OC)cc2)cc1. The maximum absolute atomic E-state index is 15.2. The molecular weight excluding hydrogens is 1130 g/mol. The molecule has 8 aromatic rings. The number of ether oxygens (including phenoxy) is 4. The minimum absolute atomic E-state index is 0.0230. The Morgan fingerprint density at radius 2 is 0.795 bits per heavy atom. The van der Waals surface area contributed by atoms with Crippen LogP contribution in [0.2, 0.25) is 0 Å². The molecule has 0 unspecified atom stereocenters. The van der Waals surface area contributed by atoms with Gasteiger partial charge in [0, 0.05) is 11.1 Å². The molecule has 0 aliphatic carbocycles. The lowest BCUT2D eigenvalue weighted by Gasteiger charge is -2.15. The zero-order valence-electron chi connectivity index (χ0n) is 39.8. The van der Waals surface area contributed by atoms with E-state index in [-0.39, 0.29) is 28.6 Å². The minimum Gasteiger partial charge on any atom is -0.497 e. The Labute approximate surface area is 439 Å². The minimum atomic E-state index is -6.37. The van der Waals surface area contributed by atoms with Crippen molar-refractivity contribution < 1.29 is 96.5 Å². The van der Waals surface area contributed by atoms with Crippen molar-refractivity contribution in [3.8, 4) is 62.5 Å². The van der Waals surface area contributed by atoms with Crippen LogP contribution in [-0.4, -0.2) is 52.4 Å². The maximum atomic E-state index is 15.2. The number of sulfone groups is 2. The monoisotopic (exact) mass is 1160 g/mol. The summed E-state index contributed by atoms with van der Waals surface area (Å²) in [5.74, 6) is -23.5. The summed E-state index contributed by atoms with van der Waals surface area (Å²) < 4.78 is 259. The third kappa shape index (κ3) is 11.1. The molecule has 1 N–H and O–H groups in total. The smallest absolute Gasteiger partial charge is 0.300 e. The van der Waals surface area contributed by atoms with E-state index in [0.29, 0.717) is 23.8 Å². The second kappa shape index (κ2) is 21.5. The molecule has 8 rings (SSSR count). The number of halogens is 8. The zero-order chi connectivity index (χ0) is 56.8. The van der Waals surface area contributed by atoms with Crippen molar-refractivity contribution in [1.82, 2.24) is 0 Å². The van der Waals surface area contributed by atoms with E-state index in [9.17, 15) is 55.8 Å². The van der Waals surface area contributed by atoms with E-state index in [2.05, 4.69) is 0 Å². The molecule has 0 spiro atoms. The van der Waals surface area contributed by atoms with Crippen molar-refractivity contribution in [3.05, 3.63) is 191 Å². The van der Waals surface area contributed by atoms with Gasteiger partial charge in [0.25, 0.3) is 20.2 Å². The molecule has 0 aromatic heterocycles. The van der Waals surface area contributed by atoms with Gasteiger partial charge in [0.05, 0.1) is 24.0 Å². The van der Waals surface area contributed by atoms with Crippen molar-refractivity contribution in [2.75, 3.05) is 14.2 Å². The highest BCUT2D eigenvalue weighted by atomic mass is 32.2. The van der Waals surface area contributed by atoms with Crippen LogP contribution in [0.1, 0.15) is 11.1 Å². The van der Waals surface area contributed by atoms with Crippen LogP contribution in [0.15, 0.2) is 158 Å². The van der Waals surface area contributed by atoms with E-state index in [4.69, 9.17) is 23.1 Å². The van der Waals surface area contributed by atoms with E-state index >= 15 is 17.6 Å². The summed E-state index contributed by atoms with van der Waals surface area (Å²) in [7, 11) is -18.2. The lowest BCUT2D eigenvalue weighted by Crippen LogP contribution is -2.17. The predicted octanol–water partition coefficient (Wildman–Crippen LogP) is 12.2. The molecule has 8 aromatic carbocycles. The van der Waals surface area contributed by atoms with E-state index < -0.39 is 134 Å². The second-order valence-electron chi connectivity index (χ2n) is 16.5. The molecule has 26 heteroatoms. The summed E-state index contributed by atoms with van der Waals surface area (Å²) in [6, 6.07) is 29.9. The van der Waals surface area contributed by atoms with Gasteiger partial charge in [0.1, 0.15) is 54.9 Å². The summed E-state index contributed by atoms with van der Waals surface area (Å²) in [5, 5.41) is 0. The molecule has 0 aliphatic heterocycles. The number of hydrogen-bond acceptors (Lipinski definition) is 13. The first-order chi connectivity index (χ1) is 36.7. The molecule has 0 bridgehead atoms. The first-order valence-electron chi connectivity index (χ1n) is 21.9. The molecule has 0 fully saturated rings. The lowest BCUT2D eigenvalue weighted by atomic mass is 10.1. The van der Waals surface area contributed by atoms with Crippen molar-refractivity contribution >= 4 is 39.9 Å². The van der Waals surface area contributed by atoms with Gasteiger partial charge in [-0.05, 0) is 114 Å². The topological polar surface area (TPSA) is 203 Å². The molecule has 78 heavy (non-hydrogen) atoms. The van der Waals surface area contributed by atoms with Gasteiger partial charge >= 0.3 is 0 Å². The maximum Gasteiger partial charge on any atom is 0.300 e. The average molecular weight is 1160 g/mol. The Morgan fingerprint density at radius 1 is 0.423 bits per heavy atom. The quantitative estimate of drug-likeness (QED) is 0.0390. The lowest BCUT2D eigenvalue weighted by molar-refractivity contribution is 0.350. The molecule has 0 aliphatic rings. The van der Waals surface area contributed by atoms with Crippen LogP contribution in [0, 0.1) is 53.5 Å². The van der Waals surface area contributed by atoms with Gasteiger partial charge in [-0.2, -0.15) is 25.6 Å². The number of rotatable bonds is 17. The number of methoxy groups -OCH3 is 1. The molecule has 0 radical (unpaired) electrons. The predicted molar refractivity (Wildman–Crippen MR) is 261 cm³/mol. The Hall–Kier alpha value is -7.88. The van der Waals surface area contributed by atoms with Gasteiger partial charge in [-0.1, -0.05) is 48.5 Å². The van der Waals surface area contributed by atoms with Gasteiger partial charge < -0.3 is 18.9 Å². The molecule has 0 saturated carbocycles. The highest BCUT2D eigenvalue weighted by Gasteiger charge is 2.41.